The van der Waals surface area contributed by atoms with Crippen LogP contribution in [0.5, 0.6) is 5.75 Å². The average Bonchev–Trinajstić information content (AvgIpc) is 2.11. The van der Waals surface area contributed by atoms with Crippen LogP contribution >= 0.6 is 9.90 Å². The minimum absolute atomic E-state index is 0. The molecule has 0 saturated carbocycles. The van der Waals surface area contributed by atoms with Crippen LogP contribution in [-0.4, -0.2) is 5.11 Å². The summed E-state index contributed by atoms with van der Waals surface area (Å²) in [6.45, 7) is 19.6. The Morgan fingerprint density at radius 1 is 0.650 bits per heavy atom. The summed E-state index contributed by atoms with van der Waals surface area (Å²) >= 11 is 0. The standard InChI is InChI=1S/C18H30O.H3P/c1-16(2,3)12-10-13(17(4,5)6)15(19)14(11-12)18(7,8)9;/h10-11,19H,1-9H3;1H3. The van der Waals surface area contributed by atoms with E-state index in [-0.39, 0.29) is 26.1 Å². The van der Waals surface area contributed by atoms with Gasteiger partial charge in [0.15, 0.2) is 0 Å². The Kier molecular flexibility index (Phi) is 5.52. The second-order valence-corrected chi connectivity index (χ2v) is 8.67. The van der Waals surface area contributed by atoms with E-state index < -0.39 is 0 Å². The summed E-state index contributed by atoms with van der Waals surface area (Å²) in [4.78, 5) is 0. The Bertz CT molecular complexity index is 433. The van der Waals surface area contributed by atoms with Crippen molar-refractivity contribution in [3.05, 3.63) is 28.8 Å². The fourth-order valence-electron chi connectivity index (χ4n) is 2.21. The zero-order chi connectivity index (χ0) is 15.2. The first kappa shape index (κ1) is 19.4. The summed E-state index contributed by atoms with van der Waals surface area (Å²) in [5.74, 6) is 0.466. The van der Waals surface area contributed by atoms with Gasteiger partial charge in [0.1, 0.15) is 5.75 Å². The maximum absolute atomic E-state index is 10.7. The molecule has 0 heterocycles. The molecule has 0 radical (unpaired) electrons. The van der Waals surface area contributed by atoms with E-state index in [1.807, 2.05) is 0 Å². The van der Waals surface area contributed by atoms with Gasteiger partial charge in [-0.3, -0.25) is 0 Å². The maximum atomic E-state index is 10.7. The Hall–Kier alpha value is -0.550. The van der Waals surface area contributed by atoms with Crippen LogP contribution in [0.1, 0.15) is 79.0 Å². The van der Waals surface area contributed by atoms with Crippen LogP contribution in [-0.2, 0) is 16.2 Å². The largest absolute Gasteiger partial charge is 0.507 e. The fourth-order valence-corrected chi connectivity index (χ4v) is 2.21. The van der Waals surface area contributed by atoms with Crippen LogP contribution in [0.2, 0.25) is 0 Å². The second-order valence-electron chi connectivity index (χ2n) is 8.67. The Morgan fingerprint density at radius 2 is 0.950 bits per heavy atom. The first-order chi connectivity index (χ1) is 8.24. The van der Waals surface area contributed by atoms with Crippen LogP contribution in [0, 0.1) is 0 Å². The van der Waals surface area contributed by atoms with E-state index in [0.29, 0.717) is 5.75 Å². The number of hydrogen-bond acceptors (Lipinski definition) is 1. The van der Waals surface area contributed by atoms with Gasteiger partial charge < -0.3 is 5.11 Å². The molecule has 0 amide bonds. The quantitative estimate of drug-likeness (QED) is 0.640. The lowest BCUT2D eigenvalue weighted by molar-refractivity contribution is 0.421. The highest BCUT2D eigenvalue weighted by atomic mass is 31.0. The SMILES string of the molecule is CC(C)(C)c1cc(C(C)(C)C)c(O)c(C(C)(C)C)c1.P. The van der Waals surface area contributed by atoms with Crippen LogP contribution < -0.4 is 0 Å². The Balaban J connectivity index is 0.00000361. The second kappa shape index (κ2) is 5.68. The summed E-state index contributed by atoms with van der Waals surface area (Å²) in [7, 11) is 0. The van der Waals surface area contributed by atoms with Gasteiger partial charge in [0.2, 0.25) is 0 Å². The van der Waals surface area contributed by atoms with Crippen molar-refractivity contribution in [2.45, 2.75) is 78.6 Å². The molecule has 20 heavy (non-hydrogen) atoms. The Morgan fingerprint density at radius 3 is 1.15 bits per heavy atom. The molecule has 1 rings (SSSR count). The zero-order valence-corrected chi connectivity index (χ0v) is 16.2. The summed E-state index contributed by atoms with van der Waals surface area (Å²) in [6, 6.07) is 4.34. The summed E-state index contributed by atoms with van der Waals surface area (Å²) in [5, 5.41) is 10.7. The predicted molar refractivity (Wildman–Crippen MR) is 95.3 cm³/mol. The molecule has 0 fully saturated rings. The molecule has 0 aromatic heterocycles. The molecule has 2 heteroatoms. The molecule has 0 bridgehead atoms. The van der Waals surface area contributed by atoms with Crippen molar-refractivity contribution in [1.82, 2.24) is 0 Å². The molecule has 0 saturated heterocycles. The molecular formula is C18H33OP. The van der Waals surface area contributed by atoms with Crippen LogP contribution in [0.3, 0.4) is 0 Å². The van der Waals surface area contributed by atoms with Gasteiger partial charge in [-0.15, -0.1) is 0 Å². The molecular weight excluding hydrogens is 263 g/mol. The van der Waals surface area contributed by atoms with Crippen molar-refractivity contribution in [1.29, 1.82) is 0 Å². The van der Waals surface area contributed by atoms with E-state index in [4.69, 9.17) is 0 Å². The molecule has 1 N–H and O–H groups in total. The van der Waals surface area contributed by atoms with E-state index in [1.54, 1.807) is 0 Å². The lowest BCUT2D eigenvalue weighted by atomic mass is 9.75. The number of rotatable bonds is 0. The molecule has 1 aromatic rings. The molecule has 0 aliphatic carbocycles. The van der Waals surface area contributed by atoms with Crippen molar-refractivity contribution in [2.24, 2.45) is 0 Å². The third-order valence-electron chi connectivity index (χ3n) is 3.59. The minimum Gasteiger partial charge on any atom is -0.507 e. The normalized spacial score (nSPS) is 13.1. The van der Waals surface area contributed by atoms with E-state index in [1.165, 1.54) is 5.56 Å². The highest BCUT2D eigenvalue weighted by Gasteiger charge is 2.28. The number of aromatic hydroxyl groups is 1. The van der Waals surface area contributed by atoms with Gasteiger partial charge in [-0.05, 0) is 32.9 Å². The van der Waals surface area contributed by atoms with Crippen LogP contribution in [0.25, 0.3) is 0 Å². The van der Waals surface area contributed by atoms with Crippen molar-refractivity contribution < 1.29 is 5.11 Å². The molecule has 1 nitrogen and oxygen atoms in total. The first-order valence-electron chi connectivity index (χ1n) is 7.13. The number of phenolic OH excluding ortho intramolecular Hbond substituents is 1. The van der Waals surface area contributed by atoms with Crippen molar-refractivity contribution in [3.63, 3.8) is 0 Å². The summed E-state index contributed by atoms with van der Waals surface area (Å²) in [6.07, 6.45) is 0. The van der Waals surface area contributed by atoms with E-state index in [0.717, 1.165) is 11.1 Å². The molecule has 1 unspecified atom stereocenters. The molecule has 0 spiro atoms. The maximum Gasteiger partial charge on any atom is 0.123 e. The smallest absolute Gasteiger partial charge is 0.123 e. The van der Waals surface area contributed by atoms with Crippen molar-refractivity contribution >= 4 is 9.90 Å². The van der Waals surface area contributed by atoms with Crippen molar-refractivity contribution in [3.8, 4) is 5.75 Å². The van der Waals surface area contributed by atoms with Crippen LogP contribution in [0.15, 0.2) is 12.1 Å². The number of benzene rings is 1. The van der Waals surface area contributed by atoms with Gasteiger partial charge >= 0.3 is 0 Å². The van der Waals surface area contributed by atoms with E-state index in [9.17, 15) is 5.11 Å². The van der Waals surface area contributed by atoms with Gasteiger partial charge in [0, 0.05) is 0 Å². The van der Waals surface area contributed by atoms with Gasteiger partial charge in [-0.1, -0.05) is 74.4 Å². The summed E-state index contributed by atoms with van der Waals surface area (Å²) in [5.41, 5.74) is 3.37. The van der Waals surface area contributed by atoms with E-state index >= 15 is 0 Å². The van der Waals surface area contributed by atoms with Gasteiger partial charge in [-0.25, -0.2) is 0 Å². The first-order valence-corrected chi connectivity index (χ1v) is 7.13. The number of hydrogen-bond donors (Lipinski definition) is 1. The highest BCUT2D eigenvalue weighted by Crippen LogP contribution is 2.41. The monoisotopic (exact) mass is 296 g/mol. The third-order valence-corrected chi connectivity index (χ3v) is 3.59. The predicted octanol–water partition coefficient (Wildman–Crippen LogP) is 5.34. The molecule has 0 aliphatic rings. The van der Waals surface area contributed by atoms with Crippen molar-refractivity contribution in [2.75, 3.05) is 0 Å². The minimum atomic E-state index is -0.0503. The molecule has 1 aromatic carbocycles. The summed E-state index contributed by atoms with van der Waals surface area (Å²) < 4.78 is 0. The average molecular weight is 296 g/mol. The molecule has 116 valence electrons. The Labute approximate surface area is 128 Å². The van der Waals surface area contributed by atoms with Gasteiger partial charge in [-0.2, -0.15) is 9.90 Å². The third kappa shape index (κ3) is 4.22. The topological polar surface area (TPSA) is 20.2 Å². The lowest BCUT2D eigenvalue weighted by Gasteiger charge is -2.31. The van der Waals surface area contributed by atoms with Crippen LogP contribution in [0.4, 0.5) is 0 Å². The fraction of sp³-hybridized carbons (Fsp3) is 0.667. The van der Waals surface area contributed by atoms with Gasteiger partial charge in [0.05, 0.1) is 0 Å². The number of phenols is 1. The van der Waals surface area contributed by atoms with Gasteiger partial charge in [0.25, 0.3) is 0 Å². The molecule has 1 atom stereocenters. The molecule has 0 aliphatic heterocycles. The zero-order valence-electron chi connectivity index (χ0n) is 14.8. The lowest BCUT2D eigenvalue weighted by Crippen LogP contribution is -2.21. The highest BCUT2D eigenvalue weighted by molar-refractivity contribution is 6.92. The van der Waals surface area contributed by atoms with E-state index in [2.05, 4.69) is 74.4 Å².